The highest BCUT2D eigenvalue weighted by atomic mass is 35.5. The van der Waals surface area contributed by atoms with Crippen LogP contribution in [0.1, 0.15) is 19.4 Å². The van der Waals surface area contributed by atoms with Gasteiger partial charge in [0.25, 0.3) is 0 Å². The number of halogens is 1. The molecule has 5 heteroatoms. The maximum Gasteiger partial charge on any atom is 0.143 e. The standard InChI is InChI=1S/C13H20ClN3O/c1-3-17(8-10(2)13(15)16-18)9-11-5-4-6-12(14)7-11/h4-7,10,18H,3,8-9H2,1-2H3,(H2,15,16). The highest BCUT2D eigenvalue weighted by Gasteiger charge is 2.13. The minimum absolute atomic E-state index is 0.0223. The van der Waals surface area contributed by atoms with Gasteiger partial charge < -0.3 is 10.9 Å². The molecule has 0 bridgehead atoms. The molecule has 0 aliphatic rings. The normalized spacial score (nSPS) is 13.9. The van der Waals surface area contributed by atoms with Crippen LogP contribution in [0.3, 0.4) is 0 Å². The summed E-state index contributed by atoms with van der Waals surface area (Å²) in [4.78, 5) is 2.23. The van der Waals surface area contributed by atoms with Gasteiger partial charge in [-0.1, -0.05) is 42.7 Å². The fourth-order valence-corrected chi connectivity index (χ4v) is 1.99. The van der Waals surface area contributed by atoms with Crippen LogP contribution in [0.4, 0.5) is 0 Å². The average molecular weight is 270 g/mol. The van der Waals surface area contributed by atoms with Crippen LogP contribution in [-0.2, 0) is 6.54 Å². The molecule has 1 aromatic carbocycles. The molecule has 1 aromatic rings. The summed E-state index contributed by atoms with van der Waals surface area (Å²) in [5.41, 5.74) is 6.75. The molecular weight excluding hydrogens is 250 g/mol. The number of rotatable bonds is 6. The lowest BCUT2D eigenvalue weighted by atomic mass is 10.1. The van der Waals surface area contributed by atoms with Crippen LogP contribution in [0.15, 0.2) is 29.4 Å². The second-order valence-corrected chi connectivity index (χ2v) is 4.82. The van der Waals surface area contributed by atoms with E-state index in [1.165, 1.54) is 0 Å². The fraction of sp³-hybridized carbons (Fsp3) is 0.462. The van der Waals surface area contributed by atoms with Gasteiger partial charge in [0.05, 0.1) is 0 Å². The molecule has 4 nitrogen and oxygen atoms in total. The van der Waals surface area contributed by atoms with Crippen LogP contribution in [0.25, 0.3) is 0 Å². The van der Waals surface area contributed by atoms with Crippen LogP contribution in [0.2, 0.25) is 5.02 Å². The molecule has 0 aromatic heterocycles. The second kappa shape index (κ2) is 7.24. The van der Waals surface area contributed by atoms with Crippen molar-refractivity contribution in [2.24, 2.45) is 16.8 Å². The van der Waals surface area contributed by atoms with E-state index in [1.807, 2.05) is 31.2 Å². The van der Waals surface area contributed by atoms with Gasteiger partial charge in [-0.25, -0.2) is 0 Å². The Bertz CT molecular complexity index is 409. The van der Waals surface area contributed by atoms with Crippen LogP contribution in [0, 0.1) is 5.92 Å². The van der Waals surface area contributed by atoms with Gasteiger partial charge in [0.1, 0.15) is 5.84 Å². The fourth-order valence-electron chi connectivity index (χ4n) is 1.78. The van der Waals surface area contributed by atoms with Crippen molar-refractivity contribution in [3.8, 4) is 0 Å². The lowest BCUT2D eigenvalue weighted by Crippen LogP contribution is -2.34. The second-order valence-electron chi connectivity index (χ2n) is 4.38. The summed E-state index contributed by atoms with van der Waals surface area (Å²) >= 11 is 5.96. The molecule has 0 amide bonds. The van der Waals surface area contributed by atoms with Gasteiger partial charge in [-0.15, -0.1) is 0 Å². The van der Waals surface area contributed by atoms with Crippen LogP contribution < -0.4 is 5.73 Å². The summed E-state index contributed by atoms with van der Waals surface area (Å²) in [5, 5.41) is 12.4. The largest absolute Gasteiger partial charge is 0.409 e. The summed E-state index contributed by atoms with van der Waals surface area (Å²) in [7, 11) is 0. The summed E-state index contributed by atoms with van der Waals surface area (Å²) in [5.74, 6) is 0.286. The van der Waals surface area contributed by atoms with Gasteiger partial charge in [0, 0.05) is 24.0 Å². The van der Waals surface area contributed by atoms with E-state index in [1.54, 1.807) is 0 Å². The predicted octanol–water partition coefficient (Wildman–Crippen LogP) is 2.54. The first-order chi connectivity index (χ1) is 8.56. The summed E-state index contributed by atoms with van der Waals surface area (Å²) in [6, 6.07) is 7.81. The molecule has 0 fully saturated rings. The van der Waals surface area contributed by atoms with Crippen LogP contribution in [0.5, 0.6) is 0 Å². The first-order valence-electron chi connectivity index (χ1n) is 6.01. The highest BCUT2D eigenvalue weighted by molar-refractivity contribution is 6.30. The molecule has 1 rings (SSSR count). The number of nitrogens with two attached hydrogens (primary N) is 1. The maximum absolute atomic E-state index is 8.64. The van der Waals surface area contributed by atoms with E-state index in [2.05, 4.69) is 17.0 Å². The smallest absolute Gasteiger partial charge is 0.143 e. The Morgan fingerprint density at radius 2 is 2.28 bits per heavy atom. The van der Waals surface area contributed by atoms with E-state index < -0.39 is 0 Å². The third kappa shape index (κ3) is 4.55. The summed E-state index contributed by atoms with van der Waals surface area (Å²) in [6.45, 7) is 6.48. The van der Waals surface area contributed by atoms with Crippen molar-refractivity contribution < 1.29 is 5.21 Å². The number of nitrogens with zero attached hydrogens (tertiary/aromatic N) is 2. The Morgan fingerprint density at radius 3 is 2.83 bits per heavy atom. The number of oxime groups is 1. The Hall–Kier alpha value is -1.26. The number of benzene rings is 1. The first-order valence-corrected chi connectivity index (χ1v) is 6.38. The van der Waals surface area contributed by atoms with E-state index in [-0.39, 0.29) is 11.8 Å². The molecule has 0 aliphatic carbocycles. The molecule has 0 spiro atoms. The predicted molar refractivity (Wildman–Crippen MR) is 75.0 cm³/mol. The number of hydrogen-bond acceptors (Lipinski definition) is 3. The molecule has 0 saturated heterocycles. The first kappa shape index (κ1) is 14.8. The minimum Gasteiger partial charge on any atom is -0.409 e. The average Bonchev–Trinajstić information content (AvgIpc) is 2.36. The van der Waals surface area contributed by atoms with E-state index in [9.17, 15) is 0 Å². The molecule has 18 heavy (non-hydrogen) atoms. The third-order valence-corrected chi connectivity index (χ3v) is 3.13. The van der Waals surface area contributed by atoms with Gasteiger partial charge in [-0.2, -0.15) is 0 Å². The van der Waals surface area contributed by atoms with Crippen LogP contribution in [-0.4, -0.2) is 29.0 Å². The zero-order chi connectivity index (χ0) is 13.5. The van der Waals surface area contributed by atoms with Crippen molar-refractivity contribution in [3.05, 3.63) is 34.9 Å². The summed E-state index contributed by atoms with van der Waals surface area (Å²) in [6.07, 6.45) is 0. The lowest BCUT2D eigenvalue weighted by molar-refractivity contribution is 0.257. The molecule has 0 saturated carbocycles. The topological polar surface area (TPSA) is 61.8 Å². The van der Waals surface area contributed by atoms with Crippen molar-refractivity contribution in [1.29, 1.82) is 0 Å². The zero-order valence-corrected chi connectivity index (χ0v) is 11.6. The molecule has 1 atom stereocenters. The van der Waals surface area contributed by atoms with Gasteiger partial charge >= 0.3 is 0 Å². The van der Waals surface area contributed by atoms with E-state index >= 15 is 0 Å². The van der Waals surface area contributed by atoms with Gasteiger partial charge in [0.15, 0.2) is 0 Å². The lowest BCUT2D eigenvalue weighted by Gasteiger charge is -2.23. The highest BCUT2D eigenvalue weighted by Crippen LogP contribution is 2.13. The molecule has 3 N–H and O–H groups in total. The van der Waals surface area contributed by atoms with E-state index in [0.717, 1.165) is 30.2 Å². The SMILES string of the molecule is CCN(Cc1cccc(Cl)c1)CC(C)C(N)=NO. The molecule has 0 radical (unpaired) electrons. The molecular formula is C13H20ClN3O. The Morgan fingerprint density at radius 1 is 1.56 bits per heavy atom. The van der Waals surface area contributed by atoms with E-state index in [4.69, 9.17) is 22.5 Å². The molecule has 100 valence electrons. The van der Waals surface area contributed by atoms with Gasteiger partial charge in [-0.3, -0.25) is 4.90 Å². The third-order valence-electron chi connectivity index (χ3n) is 2.89. The van der Waals surface area contributed by atoms with Crippen molar-refractivity contribution in [1.82, 2.24) is 4.90 Å². The number of amidine groups is 1. The Balaban J connectivity index is 2.62. The maximum atomic E-state index is 8.64. The summed E-state index contributed by atoms with van der Waals surface area (Å²) < 4.78 is 0. The number of hydrogen-bond donors (Lipinski definition) is 2. The van der Waals surface area contributed by atoms with Crippen LogP contribution >= 0.6 is 11.6 Å². The molecule has 1 unspecified atom stereocenters. The van der Waals surface area contributed by atoms with Gasteiger partial charge in [-0.05, 0) is 24.2 Å². The molecule has 0 aliphatic heterocycles. The Kier molecular flexibility index (Phi) is 5.95. The quantitative estimate of drug-likeness (QED) is 0.361. The Labute approximate surface area is 113 Å². The monoisotopic (exact) mass is 269 g/mol. The van der Waals surface area contributed by atoms with Gasteiger partial charge in [0.2, 0.25) is 0 Å². The van der Waals surface area contributed by atoms with Crippen molar-refractivity contribution >= 4 is 17.4 Å². The van der Waals surface area contributed by atoms with Crippen molar-refractivity contribution in [3.63, 3.8) is 0 Å². The van der Waals surface area contributed by atoms with Crippen molar-refractivity contribution in [2.75, 3.05) is 13.1 Å². The minimum atomic E-state index is 0.0223. The van der Waals surface area contributed by atoms with E-state index in [0.29, 0.717) is 0 Å². The molecule has 0 heterocycles. The van der Waals surface area contributed by atoms with Crippen molar-refractivity contribution in [2.45, 2.75) is 20.4 Å². The zero-order valence-electron chi connectivity index (χ0n) is 10.8.